The zero-order chi connectivity index (χ0) is 18.5. The summed E-state index contributed by atoms with van der Waals surface area (Å²) < 4.78 is 52.7. The fraction of sp³-hybridized carbons (Fsp3) is 0.231. The van der Waals surface area contributed by atoms with Crippen LogP contribution in [0.2, 0.25) is 10.3 Å². The molecule has 0 radical (unpaired) electrons. The fourth-order valence-corrected chi connectivity index (χ4v) is 3.97. The van der Waals surface area contributed by atoms with Crippen LogP contribution in [0.3, 0.4) is 0 Å². The number of rotatable bonds is 8. The Hall–Kier alpha value is -1.30. The van der Waals surface area contributed by atoms with Crippen molar-refractivity contribution in [2.24, 2.45) is 0 Å². The summed E-state index contributed by atoms with van der Waals surface area (Å²) in [5, 5.41) is 0.370. The summed E-state index contributed by atoms with van der Waals surface area (Å²) in [6, 6.07) is 5.39. The predicted molar refractivity (Wildman–Crippen MR) is 93.5 cm³/mol. The molecule has 0 fully saturated rings. The van der Waals surface area contributed by atoms with E-state index in [0.717, 1.165) is 12.4 Å². The van der Waals surface area contributed by atoms with Crippen LogP contribution in [0.4, 0.5) is 0 Å². The molecule has 0 atom stereocenters. The van der Waals surface area contributed by atoms with Crippen LogP contribution in [0.1, 0.15) is 6.42 Å². The highest BCUT2D eigenvalue weighted by Crippen LogP contribution is 2.11. The Morgan fingerprint density at radius 1 is 0.760 bits per heavy atom. The van der Waals surface area contributed by atoms with E-state index in [4.69, 9.17) is 23.2 Å². The number of nitrogens with one attached hydrogen (secondary N) is 2. The van der Waals surface area contributed by atoms with Crippen LogP contribution in [-0.2, 0) is 20.0 Å². The molecule has 136 valence electrons. The van der Waals surface area contributed by atoms with E-state index in [2.05, 4.69) is 19.4 Å². The molecule has 2 rings (SSSR count). The SMILES string of the molecule is O=S(=O)(NCCCNS(=O)(=O)c1ccc(Cl)nc1)c1ccc(Cl)nc1. The molecular formula is C13H14Cl2N4O4S2. The van der Waals surface area contributed by atoms with Gasteiger partial charge in [-0.2, -0.15) is 0 Å². The van der Waals surface area contributed by atoms with Crippen LogP contribution >= 0.6 is 23.2 Å². The van der Waals surface area contributed by atoms with Crippen molar-refractivity contribution >= 4 is 43.2 Å². The minimum atomic E-state index is -3.72. The van der Waals surface area contributed by atoms with Gasteiger partial charge in [0.15, 0.2) is 0 Å². The second kappa shape index (κ2) is 8.39. The van der Waals surface area contributed by atoms with Gasteiger partial charge in [0.2, 0.25) is 20.0 Å². The van der Waals surface area contributed by atoms with Gasteiger partial charge in [0.05, 0.1) is 0 Å². The van der Waals surface area contributed by atoms with E-state index in [1.54, 1.807) is 0 Å². The van der Waals surface area contributed by atoms with Gasteiger partial charge in [0, 0.05) is 25.5 Å². The zero-order valence-corrected chi connectivity index (χ0v) is 15.8. The van der Waals surface area contributed by atoms with Gasteiger partial charge < -0.3 is 0 Å². The Labute approximate surface area is 155 Å². The van der Waals surface area contributed by atoms with E-state index in [1.165, 1.54) is 24.3 Å². The van der Waals surface area contributed by atoms with Crippen LogP contribution in [0.25, 0.3) is 0 Å². The van der Waals surface area contributed by atoms with Gasteiger partial charge in [-0.25, -0.2) is 36.2 Å². The predicted octanol–water partition coefficient (Wildman–Crippen LogP) is 1.43. The monoisotopic (exact) mass is 424 g/mol. The maximum absolute atomic E-state index is 12.0. The molecule has 0 spiro atoms. The topological polar surface area (TPSA) is 118 Å². The molecule has 12 heteroatoms. The quantitative estimate of drug-likeness (QED) is 0.488. The van der Waals surface area contributed by atoms with Gasteiger partial charge in [0.25, 0.3) is 0 Å². The van der Waals surface area contributed by atoms with Crippen LogP contribution in [-0.4, -0.2) is 39.9 Å². The highest BCUT2D eigenvalue weighted by molar-refractivity contribution is 7.89. The van der Waals surface area contributed by atoms with E-state index in [-0.39, 0.29) is 39.6 Å². The maximum atomic E-state index is 12.0. The molecule has 2 N–H and O–H groups in total. The van der Waals surface area contributed by atoms with Crippen molar-refractivity contribution in [3.63, 3.8) is 0 Å². The van der Waals surface area contributed by atoms with Crippen LogP contribution < -0.4 is 9.44 Å². The Morgan fingerprint density at radius 2 is 1.16 bits per heavy atom. The van der Waals surface area contributed by atoms with E-state index in [9.17, 15) is 16.8 Å². The number of hydrogen-bond acceptors (Lipinski definition) is 6. The fourth-order valence-electron chi connectivity index (χ4n) is 1.71. The molecule has 0 bridgehead atoms. The van der Waals surface area contributed by atoms with E-state index < -0.39 is 20.0 Å². The molecular weight excluding hydrogens is 411 g/mol. The lowest BCUT2D eigenvalue weighted by Crippen LogP contribution is -2.30. The molecule has 0 aliphatic heterocycles. The van der Waals surface area contributed by atoms with Crippen molar-refractivity contribution in [2.45, 2.75) is 16.2 Å². The van der Waals surface area contributed by atoms with Gasteiger partial charge in [-0.3, -0.25) is 0 Å². The van der Waals surface area contributed by atoms with E-state index >= 15 is 0 Å². The van der Waals surface area contributed by atoms with Crippen molar-refractivity contribution in [3.05, 3.63) is 47.0 Å². The molecule has 0 aliphatic carbocycles. The molecule has 0 aromatic carbocycles. The first kappa shape index (κ1) is 20.0. The Balaban J connectivity index is 1.83. The second-order valence-electron chi connectivity index (χ2n) is 4.78. The number of nitrogens with zero attached hydrogens (tertiary/aromatic N) is 2. The number of hydrogen-bond donors (Lipinski definition) is 2. The van der Waals surface area contributed by atoms with E-state index in [1.807, 2.05) is 0 Å². The first-order chi connectivity index (χ1) is 11.7. The first-order valence-corrected chi connectivity index (χ1v) is 10.7. The van der Waals surface area contributed by atoms with Gasteiger partial charge in [-0.1, -0.05) is 23.2 Å². The molecule has 0 unspecified atom stereocenters. The number of sulfonamides is 2. The molecule has 2 aromatic rings. The lowest BCUT2D eigenvalue weighted by Gasteiger charge is -2.08. The summed E-state index contributed by atoms with van der Waals surface area (Å²) in [5.41, 5.74) is 0. The average Bonchev–Trinajstić information content (AvgIpc) is 2.55. The minimum Gasteiger partial charge on any atom is -0.243 e. The number of pyridine rings is 2. The largest absolute Gasteiger partial charge is 0.243 e. The van der Waals surface area contributed by atoms with Crippen molar-refractivity contribution in [3.8, 4) is 0 Å². The van der Waals surface area contributed by atoms with Crippen molar-refractivity contribution in [1.82, 2.24) is 19.4 Å². The molecule has 0 saturated carbocycles. The van der Waals surface area contributed by atoms with Crippen molar-refractivity contribution < 1.29 is 16.8 Å². The van der Waals surface area contributed by atoms with Gasteiger partial charge in [-0.05, 0) is 30.7 Å². The zero-order valence-electron chi connectivity index (χ0n) is 12.7. The highest BCUT2D eigenvalue weighted by atomic mass is 35.5. The van der Waals surface area contributed by atoms with Gasteiger partial charge >= 0.3 is 0 Å². The van der Waals surface area contributed by atoms with E-state index in [0.29, 0.717) is 0 Å². The normalized spacial score (nSPS) is 12.2. The van der Waals surface area contributed by atoms with Crippen LogP contribution in [0.15, 0.2) is 46.5 Å². The third kappa shape index (κ3) is 5.87. The summed E-state index contributed by atoms with van der Waals surface area (Å²) in [6.45, 7) is 0.0959. The Kier molecular flexibility index (Phi) is 6.72. The average molecular weight is 425 g/mol. The van der Waals surface area contributed by atoms with Crippen LogP contribution in [0, 0.1) is 0 Å². The third-order valence-corrected chi connectivity index (χ3v) is 6.30. The lowest BCUT2D eigenvalue weighted by atomic mass is 10.4. The Morgan fingerprint density at radius 3 is 1.48 bits per heavy atom. The molecule has 25 heavy (non-hydrogen) atoms. The third-order valence-electron chi connectivity index (χ3n) is 2.96. The summed E-state index contributed by atoms with van der Waals surface area (Å²) in [7, 11) is -7.45. The maximum Gasteiger partial charge on any atom is 0.242 e. The second-order valence-corrected chi connectivity index (χ2v) is 9.09. The molecule has 8 nitrogen and oxygen atoms in total. The van der Waals surface area contributed by atoms with Gasteiger partial charge in [-0.15, -0.1) is 0 Å². The standard InChI is InChI=1S/C13H14Cl2N4O4S2/c14-12-4-2-10(8-16-12)24(20,21)18-6-1-7-19-25(22,23)11-3-5-13(15)17-9-11/h2-5,8-9,18-19H,1,6-7H2. The summed E-state index contributed by atoms with van der Waals surface area (Å²) >= 11 is 11.2. The van der Waals surface area contributed by atoms with Crippen LogP contribution in [0.5, 0.6) is 0 Å². The van der Waals surface area contributed by atoms with Gasteiger partial charge in [0.1, 0.15) is 20.1 Å². The van der Waals surface area contributed by atoms with Crippen molar-refractivity contribution in [1.29, 1.82) is 0 Å². The Bertz CT molecular complexity index is 840. The molecule has 2 heterocycles. The summed E-state index contributed by atoms with van der Waals surface area (Å²) in [5.74, 6) is 0. The molecule has 2 aromatic heterocycles. The first-order valence-electron chi connectivity index (χ1n) is 6.93. The number of halogens is 2. The lowest BCUT2D eigenvalue weighted by molar-refractivity contribution is 0.572. The smallest absolute Gasteiger partial charge is 0.242 e. The highest BCUT2D eigenvalue weighted by Gasteiger charge is 2.15. The minimum absolute atomic E-state index is 0.0234. The molecule has 0 saturated heterocycles. The number of aromatic nitrogens is 2. The molecule has 0 aliphatic rings. The molecule has 0 amide bonds. The summed E-state index contributed by atoms with van der Waals surface area (Å²) in [6.07, 6.45) is 2.53. The van der Waals surface area contributed by atoms with Crippen molar-refractivity contribution in [2.75, 3.05) is 13.1 Å². The summed E-state index contributed by atoms with van der Waals surface area (Å²) in [4.78, 5) is 7.36.